The minimum absolute atomic E-state index is 0.112. The first-order chi connectivity index (χ1) is 11.6. The van der Waals surface area contributed by atoms with Gasteiger partial charge in [-0.05, 0) is 12.1 Å². The molecule has 25 heavy (non-hydrogen) atoms. The maximum Gasteiger partial charge on any atom is 0.343 e. The minimum atomic E-state index is -3.79. The predicted molar refractivity (Wildman–Crippen MR) is 85.7 cm³/mol. The summed E-state index contributed by atoms with van der Waals surface area (Å²) in [5.41, 5.74) is -0.621. The molecule has 0 aliphatic carbocycles. The number of benzene rings is 1. The number of hydrogen-bond donors (Lipinski definition) is 1. The van der Waals surface area contributed by atoms with E-state index < -0.39 is 21.6 Å². The lowest BCUT2D eigenvalue weighted by atomic mass is 10.0. The van der Waals surface area contributed by atoms with E-state index >= 15 is 0 Å². The Bertz CT molecular complexity index is 960. The standard InChI is InChI=1S/C15H16N2O7S/c1-17-14(19)9(7-16-17)12(18)8-5-6-10(25(4,21)22)11(13(8)23-2)15(20)24-3/h5-7,19H,1-4H3. The van der Waals surface area contributed by atoms with Gasteiger partial charge in [0.1, 0.15) is 16.9 Å². The van der Waals surface area contributed by atoms with E-state index in [1.54, 1.807) is 0 Å². The zero-order valence-corrected chi connectivity index (χ0v) is 14.7. The molecule has 0 atom stereocenters. The number of aromatic hydroxyl groups is 1. The van der Waals surface area contributed by atoms with Gasteiger partial charge in [0.05, 0.1) is 30.9 Å². The van der Waals surface area contributed by atoms with Crippen LogP contribution >= 0.6 is 0 Å². The Labute approximate surface area is 143 Å². The molecule has 1 heterocycles. The molecule has 10 heteroatoms. The molecular formula is C15H16N2O7S. The first kappa shape index (κ1) is 18.5. The summed E-state index contributed by atoms with van der Waals surface area (Å²) in [6, 6.07) is 2.32. The van der Waals surface area contributed by atoms with Gasteiger partial charge in [-0.2, -0.15) is 5.10 Å². The van der Waals surface area contributed by atoms with Crippen LogP contribution in [0.3, 0.4) is 0 Å². The average Bonchev–Trinajstić information content (AvgIpc) is 2.90. The minimum Gasteiger partial charge on any atom is -0.495 e. The molecule has 2 rings (SSSR count). The molecule has 0 amide bonds. The third-order valence-corrected chi connectivity index (χ3v) is 4.65. The number of aromatic nitrogens is 2. The molecule has 0 aliphatic rings. The first-order valence-electron chi connectivity index (χ1n) is 6.88. The van der Waals surface area contributed by atoms with Gasteiger partial charge < -0.3 is 14.6 Å². The van der Waals surface area contributed by atoms with Crippen molar-refractivity contribution >= 4 is 21.6 Å². The average molecular weight is 368 g/mol. The summed E-state index contributed by atoms with van der Waals surface area (Å²) in [5, 5.41) is 13.7. The molecule has 0 unspecified atom stereocenters. The fourth-order valence-electron chi connectivity index (χ4n) is 2.30. The number of esters is 1. The van der Waals surface area contributed by atoms with Crippen LogP contribution in [0.2, 0.25) is 0 Å². The molecular weight excluding hydrogens is 352 g/mol. The largest absolute Gasteiger partial charge is 0.495 e. The molecule has 0 aliphatic heterocycles. The van der Waals surface area contributed by atoms with Crippen molar-refractivity contribution in [1.29, 1.82) is 0 Å². The van der Waals surface area contributed by atoms with Crippen LogP contribution in [-0.4, -0.2) is 55.5 Å². The Hall–Kier alpha value is -2.88. The molecule has 0 saturated heterocycles. The van der Waals surface area contributed by atoms with Gasteiger partial charge in [-0.25, -0.2) is 17.9 Å². The Morgan fingerprint density at radius 1 is 1.20 bits per heavy atom. The number of methoxy groups -OCH3 is 2. The van der Waals surface area contributed by atoms with Crippen LogP contribution in [0.25, 0.3) is 0 Å². The predicted octanol–water partition coefficient (Wildman–Crippen LogP) is 0.555. The number of aryl methyl sites for hydroxylation is 1. The van der Waals surface area contributed by atoms with Crippen molar-refractivity contribution in [1.82, 2.24) is 9.78 Å². The van der Waals surface area contributed by atoms with E-state index in [4.69, 9.17) is 4.74 Å². The molecule has 1 aromatic carbocycles. The topological polar surface area (TPSA) is 125 Å². The summed E-state index contributed by atoms with van der Waals surface area (Å²) in [4.78, 5) is 24.5. The van der Waals surface area contributed by atoms with Crippen molar-refractivity contribution in [3.8, 4) is 11.6 Å². The van der Waals surface area contributed by atoms with Crippen LogP contribution in [0.5, 0.6) is 11.6 Å². The van der Waals surface area contributed by atoms with E-state index in [-0.39, 0.29) is 33.2 Å². The lowest BCUT2D eigenvalue weighted by Gasteiger charge is -2.14. The zero-order valence-electron chi connectivity index (χ0n) is 13.9. The number of carbonyl (C=O) groups is 2. The summed E-state index contributed by atoms with van der Waals surface area (Å²) in [7, 11) is -0.0830. The third-order valence-electron chi connectivity index (χ3n) is 3.51. The smallest absolute Gasteiger partial charge is 0.343 e. The second-order valence-electron chi connectivity index (χ2n) is 5.12. The van der Waals surface area contributed by atoms with Gasteiger partial charge in [0, 0.05) is 13.3 Å². The molecule has 9 nitrogen and oxygen atoms in total. The molecule has 0 spiro atoms. The lowest BCUT2D eigenvalue weighted by Crippen LogP contribution is -2.15. The van der Waals surface area contributed by atoms with Crippen LogP contribution in [0, 0.1) is 0 Å². The fourth-order valence-corrected chi connectivity index (χ4v) is 3.16. The highest BCUT2D eigenvalue weighted by molar-refractivity contribution is 7.90. The van der Waals surface area contributed by atoms with Gasteiger partial charge in [0.25, 0.3) is 0 Å². The number of nitrogens with zero attached hydrogens (tertiary/aromatic N) is 2. The summed E-state index contributed by atoms with van der Waals surface area (Å²) in [6.07, 6.45) is 2.07. The second-order valence-corrected chi connectivity index (χ2v) is 7.10. The Morgan fingerprint density at radius 3 is 2.28 bits per heavy atom. The maximum absolute atomic E-state index is 12.7. The van der Waals surface area contributed by atoms with E-state index in [1.165, 1.54) is 20.2 Å². The van der Waals surface area contributed by atoms with Crippen molar-refractivity contribution in [2.24, 2.45) is 7.05 Å². The number of sulfone groups is 1. The monoisotopic (exact) mass is 368 g/mol. The van der Waals surface area contributed by atoms with Crippen LogP contribution in [0.4, 0.5) is 0 Å². The molecule has 134 valence electrons. The normalized spacial score (nSPS) is 11.2. The highest BCUT2D eigenvalue weighted by Crippen LogP contribution is 2.33. The molecule has 2 aromatic rings. The summed E-state index contributed by atoms with van der Waals surface area (Å²) < 4.78 is 34.7. The Balaban J connectivity index is 2.78. The quantitative estimate of drug-likeness (QED) is 0.599. The fraction of sp³-hybridized carbons (Fsp3) is 0.267. The molecule has 0 saturated carbocycles. The van der Waals surface area contributed by atoms with Crippen molar-refractivity contribution in [2.45, 2.75) is 4.90 Å². The Kier molecular flexibility index (Phi) is 4.84. The van der Waals surface area contributed by atoms with Gasteiger partial charge in [-0.3, -0.25) is 4.79 Å². The number of ketones is 1. The van der Waals surface area contributed by atoms with Crippen LogP contribution in [0.1, 0.15) is 26.3 Å². The SMILES string of the molecule is COC(=O)c1c(S(C)(=O)=O)ccc(C(=O)c2cnn(C)c2O)c1OC. The third kappa shape index (κ3) is 3.20. The number of carbonyl (C=O) groups excluding carboxylic acids is 2. The summed E-state index contributed by atoms with van der Waals surface area (Å²) in [6.45, 7) is 0. The first-order valence-corrected chi connectivity index (χ1v) is 8.77. The van der Waals surface area contributed by atoms with Gasteiger partial charge in [0.15, 0.2) is 9.84 Å². The van der Waals surface area contributed by atoms with Gasteiger partial charge in [0.2, 0.25) is 11.7 Å². The summed E-state index contributed by atoms with van der Waals surface area (Å²) >= 11 is 0. The van der Waals surface area contributed by atoms with Gasteiger partial charge >= 0.3 is 5.97 Å². The van der Waals surface area contributed by atoms with E-state index in [0.717, 1.165) is 30.3 Å². The molecule has 0 bridgehead atoms. The molecule has 0 fully saturated rings. The highest BCUT2D eigenvalue weighted by Gasteiger charge is 2.30. The molecule has 1 aromatic heterocycles. The molecule has 1 N–H and O–H groups in total. The van der Waals surface area contributed by atoms with Gasteiger partial charge in [-0.15, -0.1) is 0 Å². The number of rotatable bonds is 5. The van der Waals surface area contributed by atoms with E-state index in [1.807, 2.05) is 0 Å². The molecule has 0 radical (unpaired) electrons. The van der Waals surface area contributed by atoms with Crippen LogP contribution < -0.4 is 4.74 Å². The van der Waals surface area contributed by atoms with Crippen molar-refractivity contribution < 1.29 is 32.6 Å². The van der Waals surface area contributed by atoms with Crippen molar-refractivity contribution in [2.75, 3.05) is 20.5 Å². The Morgan fingerprint density at radius 2 is 1.84 bits per heavy atom. The number of hydrogen-bond acceptors (Lipinski definition) is 8. The van der Waals surface area contributed by atoms with Crippen molar-refractivity contribution in [3.05, 3.63) is 35.0 Å². The number of ether oxygens (including phenoxy) is 2. The lowest BCUT2D eigenvalue weighted by molar-refractivity contribution is 0.0592. The van der Waals surface area contributed by atoms with Gasteiger partial charge in [-0.1, -0.05) is 0 Å². The highest BCUT2D eigenvalue weighted by atomic mass is 32.2. The zero-order chi connectivity index (χ0) is 18.9. The van der Waals surface area contributed by atoms with Crippen molar-refractivity contribution in [3.63, 3.8) is 0 Å². The van der Waals surface area contributed by atoms with Crippen LogP contribution in [-0.2, 0) is 21.6 Å². The second kappa shape index (κ2) is 6.55. The van der Waals surface area contributed by atoms with E-state index in [0.29, 0.717) is 0 Å². The van der Waals surface area contributed by atoms with E-state index in [2.05, 4.69) is 9.84 Å². The maximum atomic E-state index is 12.7. The van der Waals surface area contributed by atoms with E-state index in [9.17, 15) is 23.1 Å². The van der Waals surface area contributed by atoms with Crippen LogP contribution in [0.15, 0.2) is 23.2 Å². The summed E-state index contributed by atoms with van der Waals surface area (Å²) in [5.74, 6) is -2.29.